The van der Waals surface area contributed by atoms with E-state index in [0.29, 0.717) is 30.0 Å². The third kappa shape index (κ3) is 6.27. The molecule has 2 N–H and O–H groups in total. The summed E-state index contributed by atoms with van der Waals surface area (Å²) in [5.41, 5.74) is 1.72. The number of nitrogens with zero attached hydrogens (tertiary/aromatic N) is 1. The van der Waals surface area contributed by atoms with Crippen LogP contribution in [0.5, 0.6) is 5.75 Å². The van der Waals surface area contributed by atoms with Crippen molar-refractivity contribution in [3.8, 4) is 5.75 Å². The minimum Gasteiger partial charge on any atom is -0.495 e. The van der Waals surface area contributed by atoms with Gasteiger partial charge in [0.05, 0.1) is 12.8 Å². The third-order valence-corrected chi connectivity index (χ3v) is 5.06. The number of cyclic esters (lactones) is 1. The number of carbonyl (C=O) groups is 1. The summed E-state index contributed by atoms with van der Waals surface area (Å²) in [6, 6.07) is 3.93. The van der Waals surface area contributed by atoms with Crippen LogP contribution in [0.25, 0.3) is 0 Å². The van der Waals surface area contributed by atoms with Gasteiger partial charge in [0.2, 0.25) is 0 Å². The Kier molecular flexibility index (Phi) is 7.76. The molecule has 1 aliphatic rings. The van der Waals surface area contributed by atoms with Gasteiger partial charge in [-0.15, -0.1) is 0 Å². The first-order valence-corrected chi connectivity index (χ1v) is 9.80. The van der Waals surface area contributed by atoms with Crippen molar-refractivity contribution in [2.24, 2.45) is 0 Å². The van der Waals surface area contributed by atoms with E-state index in [2.05, 4.69) is 11.9 Å². The Labute approximate surface area is 177 Å². The summed E-state index contributed by atoms with van der Waals surface area (Å²) in [5.74, 6) is 0.614. The van der Waals surface area contributed by atoms with Crippen LogP contribution in [0.1, 0.15) is 32.3 Å². The molecule has 1 fully saturated rings. The zero-order chi connectivity index (χ0) is 21.6. The lowest BCUT2D eigenvalue weighted by molar-refractivity contribution is -0.0655. The number of anilines is 1. The largest absolute Gasteiger partial charge is 0.495 e. The lowest BCUT2D eigenvalue weighted by Crippen LogP contribution is -2.55. The van der Waals surface area contributed by atoms with Gasteiger partial charge in [-0.25, -0.2) is 4.79 Å². The molecule has 158 valence electrons. The molecule has 1 aromatic carbocycles. The molecule has 7 heteroatoms. The number of hydrogen-bond acceptors (Lipinski definition) is 5. The summed E-state index contributed by atoms with van der Waals surface area (Å²) in [6.07, 6.45) is 7.83. The fraction of sp³-hybridized carbons (Fsp3) is 0.409. The predicted molar refractivity (Wildman–Crippen MR) is 116 cm³/mol. The molecule has 0 spiro atoms. The summed E-state index contributed by atoms with van der Waals surface area (Å²) < 4.78 is 10.4. The molecule has 1 heterocycles. The first-order valence-electron chi connectivity index (χ1n) is 9.42. The van der Waals surface area contributed by atoms with Crippen molar-refractivity contribution in [3.63, 3.8) is 0 Å². The smallest absolute Gasteiger partial charge is 0.409 e. The molecular weight excluding hydrogens is 392 g/mol. The molecule has 0 radical (unpaired) electrons. The van der Waals surface area contributed by atoms with Gasteiger partial charge in [0.1, 0.15) is 22.6 Å². The highest BCUT2D eigenvalue weighted by molar-refractivity contribution is 6.34. The van der Waals surface area contributed by atoms with Gasteiger partial charge in [-0.1, -0.05) is 42.0 Å². The Morgan fingerprint density at radius 1 is 1.55 bits per heavy atom. The molecule has 6 nitrogen and oxygen atoms in total. The Hall–Kier alpha value is -2.44. The number of allylic oxidation sites excluding steroid dienone is 3. The Balaban J connectivity index is 2.06. The van der Waals surface area contributed by atoms with Crippen LogP contribution in [-0.4, -0.2) is 37.2 Å². The van der Waals surface area contributed by atoms with Crippen molar-refractivity contribution in [1.82, 2.24) is 5.32 Å². The maximum absolute atomic E-state index is 11.4. The number of amides is 1. The average molecular weight is 421 g/mol. The number of alkyl carbamates (subject to hydrolysis) is 1. The number of hydrogen-bond donors (Lipinski definition) is 2. The van der Waals surface area contributed by atoms with E-state index in [4.69, 9.17) is 21.1 Å². The minimum absolute atomic E-state index is 0.305. The van der Waals surface area contributed by atoms with E-state index in [1.165, 1.54) is 0 Å². The van der Waals surface area contributed by atoms with Gasteiger partial charge in [-0.2, -0.15) is 0 Å². The first-order chi connectivity index (χ1) is 13.7. The van der Waals surface area contributed by atoms with Crippen LogP contribution in [0, 0.1) is 0 Å². The van der Waals surface area contributed by atoms with E-state index in [9.17, 15) is 9.90 Å². The molecule has 1 saturated heterocycles. The van der Waals surface area contributed by atoms with E-state index >= 15 is 0 Å². The summed E-state index contributed by atoms with van der Waals surface area (Å²) in [6.45, 7) is 7.56. The van der Waals surface area contributed by atoms with E-state index < -0.39 is 11.8 Å². The van der Waals surface area contributed by atoms with Crippen molar-refractivity contribution in [2.75, 3.05) is 19.1 Å². The highest BCUT2D eigenvalue weighted by Gasteiger charge is 2.36. The maximum Gasteiger partial charge on any atom is 0.409 e. The molecule has 0 saturated carbocycles. The van der Waals surface area contributed by atoms with Crippen LogP contribution < -0.4 is 15.0 Å². The molecule has 0 aliphatic carbocycles. The third-order valence-electron chi connectivity index (χ3n) is 4.68. The second-order valence-corrected chi connectivity index (χ2v) is 7.70. The van der Waals surface area contributed by atoms with Crippen LogP contribution in [0.4, 0.5) is 10.5 Å². The molecule has 1 unspecified atom stereocenters. The predicted octanol–water partition coefficient (Wildman–Crippen LogP) is 4.57. The summed E-state index contributed by atoms with van der Waals surface area (Å²) >= 11 is 6.40. The van der Waals surface area contributed by atoms with Gasteiger partial charge < -0.3 is 19.5 Å². The Morgan fingerprint density at radius 2 is 2.28 bits per heavy atom. The standard InChI is InChI=1S/C22H29ClN2O4/c1-6-25(4)18-12-17(13-19(28-5)20(18)23)11-15(2)9-7-8-10-22(27)14-16(3)29-21(26)24-22/h6-9,12-13,16,27H,1,10-11,14H2,2-5H3,(H,24,26)/b8-7+,15-9+/t16?,22-/m1/s1. The summed E-state index contributed by atoms with van der Waals surface area (Å²) in [4.78, 5) is 13.3. The first kappa shape index (κ1) is 22.8. The number of carbonyl (C=O) groups excluding carboxylic acids is 1. The lowest BCUT2D eigenvalue weighted by atomic mass is 10.0. The Bertz CT molecular complexity index is 821. The quantitative estimate of drug-likeness (QED) is 0.603. The molecule has 1 aliphatic heterocycles. The van der Waals surface area contributed by atoms with Crippen LogP contribution in [-0.2, 0) is 11.2 Å². The van der Waals surface area contributed by atoms with Gasteiger partial charge in [-0.3, -0.25) is 5.32 Å². The molecule has 1 amide bonds. The molecule has 0 bridgehead atoms. The topological polar surface area (TPSA) is 71.0 Å². The molecule has 29 heavy (non-hydrogen) atoms. The average Bonchev–Trinajstić information content (AvgIpc) is 2.64. The molecule has 1 aromatic rings. The van der Waals surface area contributed by atoms with Crippen LogP contribution in [0.3, 0.4) is 0 Å². The van der Waals surface area contributed by atoms with E-state index in [1.54, 1.807) is 20.2 Å². The SMILES string of the molecule is C=CN(C)c1cc(C/C(C)=C/C=C/C[C@@]2(O)CC(C)OC(=O)N2)cc(OC)c1Cl. The summed E-state index contributed by atoms with van der Waals surface area (Å²) in [7, 11) is 3.47. The van der Waals surface area contributed by atoms with Gasteiger partial charge >= 0.3 is 6.09 Å². The lowest BCUT2D eigenvalue weighted by Gasteiger charge is -2.35. The highest BCUT2D eigenvalue weighted by Crippen LogP contribution is 2.36. The van der Waals surface area contributed by atoms with Crippen molar-refractivity contribution in [2.45, 2.75) is 44.9 Å². The highest BCUT2D eigenvalue weighted by atomic mass is 35.5. The van der Waals surface area contributed by atoms with Crippen LogP contribution in [0.2, 0.25) is 5.02 Å². The van der Waals surface area contributed by atoms with E-state index in [-0.39, 0.29) is 6.10 Å². The van der Waals surface area contributed by atoms with Crippen LogP contribution in [0.15, 0.2) is 48.7 Å². The van der Waals surface area contributed by atoms with Crippen molar-refractivity contribution in [3.05, 3.63) is 59.3 Å². The zero-order valence-electron chi connectivity index (χ0n) is 17.4. The number of ether oxygens (including phenoxy) is 2. The number of nitrogens with one attached hydrogen (secondary N) is 1. The minimum atomic E-state index is -1.28. The molecule has 2 atom stereocenters. The number of methoxy groups -OCH3 is 1. The number of benzene rings is 1. The van der Waals surface area contributed by atoms with Crippen molar-refractivity contribution in [1.29, 1.82) is 0 Å². The number of aliphatic hydroxyl groups is 1. The van der Waals surface area contributed by atoms with Gasteiger partial charge in [0, 0.05) is 19.9 Å². The van der Waals surface area contributed by atoms with Gasteiger partial charge in [-0.05, 0) is 44.2 Å². The maximum atomic E-state index is 11.4. The fourth-order valence-corrected chi connectivity index (χ4v) is 3.54. The zero-order valence-corrected chi connectivity index (χ0v) is 18.1. The van der Waals surface area contributed by atoms with Gasteiger partial charge in [0.25, 0.3) is 0 Å². The van der Waals surface area contributed by atoms with Crippen molar-refractivity contribution >= 4 is 23.4 Å². The van der Waals surface area contributed by atoms with E-state index in [1.807, 2.05) is 49.2 Å². The molecular formula is C22H29ClN2O4. The molecule has 0 aromatic heterocycles. The molecule has 2 rings (SSSR count). The van der Waals surface area contributed by atoms with Gasteiger partial charge in [0.15, 0.2) is 0 Å². The van der Waals surface area contributed by atoms with Crippen LogP contribution >= 0.6 is 11.6 Å². The summed E-state index contributed by atoms with van der Waals surface area (Å²) in [5, 5.41) is 13.5. The number of halogens is 1. The normalized spacial score (nSPS) is 22.2. The van der Waals surface area contributed by atoms with E-state index in [0.717, 1.165) is 16.8 Å². The second-order valence-electron chi connectivity index (χ2n) is 7.32. The van der Waals surface area contributed by atoms with Crippen molar-refractivity contribution < 1.29 is 19.4 Å². The monoisotopic (exact) mass is 420 g/mol. The number of rotatable bonds is 8. The Morgan fingerprint density at radius 3 is 2.90 bits per heavy atom. The second kappa shape index (κ2) is 9.85. The fourth-order valence-electron chi connectivity index (χ4n) is 3.23.